The second kappa shape index (κ2) is 2.88. The number of aromatic nitrogens is 1. The Morgan fingerprint density at radius 2 is 1.79 bits per heavy atom. The van der Waals surface area contributed by atoms with Crippen LogP contribution in [0.2, 0.25) is 0 Å². The molecule has 3 rings (SSSR count). The van der Waals surface area contributed by atoms with Crippen molar-refractivity contribution in [2.45, 2.75) is 5.92 Å². The van der Waals surface area contributed by atoms with E-state index in [-0.39, 0.29) is 0 Å². The van der Waals surface area contributed by atoms with Crippen LogP contribution in [-0.4, -0.2) is 4.98 Å². The number of fused-ring (bicyclic) bond motifs is 1. The van der Waals surface area contributed by atoms with E-state index >= 15 is 0 Å². The van der Waals surface area contributed by atoms with Gasteiger partial charge in [0.05, 0.1) is 0 Å². The third-order valence-electron chi connectivity index (χ3n) is 2.66. The third kappa shape index (κ3) is 1.10. The molecule has 1 aromatic carbocycles. The van der Waals surface area contributed by atoms with Gasteiger partial charge in [0.15, 0.2) is 0 Å². The Morgan fingerprint density at radius 1 is 1.00 bits per heavy atom. The van der Waals surface area contributed by atoms with Crippen molar-refractivity contribution in [3.63, 3.8) is 0 Å². The lowest BCUT2D eigenvalue weighted by molar-refractivity contribution is 1.04. The van der Waals surface area contributed by atoms with E-state index in [4.69, 9.17) is 0 Å². The lowest BCUT2D eigenvalue weighted by Gasteiger charge is -1.99. The lowest BCUT2D eigenvalue weighted by atomic mass is 10.1. The Hall–Kier alpha value is -1.76. The van der Waals surface area contributed by atoms with Crippen molar-refractivity contribution >= 4 is 10.9 Å². The number of allylic oxidation sites excluding steroid dienone is 4. The number of hydrogen-bond acceptors (Lipinski definition) is 0. The highest BCUT2D eigenvalue weighted by Crippen LogP contribution is 2.25. The topological polar surface area (TPSA) is 15.8 Å². The molecule has 1 heteroatoms. The highest BCUT2D eigenvalue weighted by atomic mass is 14.7. The van der Waals surface area contributed by atoms with E-state index in [0.29, 0.717) is 5.92 Å². The van der Waals surface area contributed by atoms with Crippen LogP contribution in [0.25, 0.3) is 10.9 Å². The van der Waals surface area contributed by atoms with Gasteiger partial charge in [-0.15, -0.1) is 0 Å². The van der Waals surface area contributed by atoms with Gasteiger partial charge in [0, 0.05) is 17.1 Å². The van der Waals surface area contributed by atoms with Crippen LogP contribution in [0.15, 0.2) is 54.6 Å². The molecule has 1 N–H and O–H groups in total. The van der Waals surface area contributed by atoms with Gasteiger partial charge in [0.2, 0.25) is 0 Å². The summed E-state index contributed by atoms with van der Waals surface area (Å²) in [5, 5.41) is 1.29. The number of hydrogen-bond donors (Lipinski definition) is 1. The molecule has 0 fully saturated rings. The Morgan fingerprint density at radius 3 is 2.57 bits per heavy atom. The van der Waals surface area contributed by atoms with Gasteiger partial charge in [0.25, 0.3) is 0 Å². The van der Waals surface area contributed by atoms with Gasteiger partial charge in [-0.05, 0) is 17.5 Å². The van der Waals surface area contributed by atoms with E-state index in [2.05, 4.69) is 59.6 Å². The van der Waals surface area contributed by atoms with Crippen LogP contribution in [0.1, 0.15) is 11.6 Å². The van der Waals surface area contributed by atoms with Crippen LogP contribution in [-0.2, 0) is 0 Å². The molecule has 0 aliphatic heterocycles. The average molecular weight is 181 g/mol. The molecule has 1 aromatic heterocycles. The van der Waals surface area contributed by atoms with E-state index < -0.39 is 0 Å². The van der Waals surface area contributed by atoms with Gasteiger partial charge >= 0.3 is 0 Å². The maximum atomic E-state index is 3.44. The van der Waals surface area contributed by atoms with E-state index in [9.17, 15) is 0 Å². The van der Waals surface area contributed by atoms with Crippen LogP contribution in [0.5, 0.6) is 0 Å². The molecule has 0 atom stereocenters. The quantitative estimate of drug-likeness (QED) is 0.694. The fourth-order valence-corrected chi connectivity index (χ4v) is 1.91. The van der Waals surface area contributed by atoms with Crippen molar-refractivity contribution in [2.24, 2.45) is 0 Å². The van der Waals surface area contributed by atoms with E-state index in [0.717, 1.165) is 0 Å². The van der Waals surface area contributed by atoms with Crippen molar-refractivity contribution < 1.29 is 0 Å². The smallest absolute Gasteiger partial charge is 0.0456 e. The fourth-order valence-electron chi connectivity index (χ4n) is 1.91. The number of nitrogens with one attached hydrogen (secondary N) is 1. The van der Waals surface area contributed by atoms with E-state index in [1.54, 1.807) is 0 Å². The van der Waals surface area contributed by atoms with Crippen molar-refractivity contribution in [1.29, 1.82) is 0 Å². The minimum Gasteiger partial charge on any atom is -0.358 e. The maximum absolute atomic E-state index is 3.44. The van der Waals surface area contributed by atoms with Crippen LogP contribution in [0, 0.1) is 0 Å². The monoisotopic (exact) mass is 181 g/mol. The van der Waals surface area contributed by atoms with Crippen molar-refractivity contribution in [3.05, 3.63) is 60.3 Å². The van der Waals surface area contributed by atoms with Crippen LogP contribution < -0.4 is 0 Å². The number of H-pyrrole nitrogens is 1. The molecular formula is C13H11N. The highest BCUT2D eigenvalue weighted by Gasteiger charge is 2.09. The SMILES string of the molecule is C1=CC(c2cc3ccccc3[nH]2)C=C1. The Labute approximate surface area is 82.8 Å². The summed E-state index contributed by atoms with van der Waals surface area (Å²) in [4.78, 5) is 3.44. The molecule has 1 aliphatic carbocycles. The number of benzene rings is 1. The normalized spacial score (nSPS) is 15.7. The molecule has 68 valence electrons. The molecular weight excluding hydrogens is 170 g/mol. The standard InChI is InChI=1S/C13H11N/c1-2-6-10(5-1)13-9-11-7-3-4-8-12(11)14-13/h1-10,14H. The number of rotatable bonds is 1. The molecule has 1 heterocycles. The maximum Gasteiger partial charge on any atom is 0.0456 e. The fraction of sp³-hybridized carbons (Fsp3) is 0.0769. The molecule has 0 bridgehead atoms. The zero-order valence-electron chi connectivity index (χ0n) is 7.77. The molecule has 0 saturated carbocycles. The first kappa shape index (κ1) is 7.63. The zero-order chi connectivity index (χ0) is 9.38. The summed E-state index contributed by atoms with van der Waals surface area (Å²) >= 11 is 0. The second-order valence-corrected chi connectivity index (χ2v) is 3.61. The summed E-state index contributed by atoms with van der Waals surface area (Å²) in [5.41, 5.74) is 2.49. The zero-order valence-corrected chi connectivity index (χ0v) is 7.77. The number of para-hydroxylation sites is 1. The molecule has 0 spiro atoms. The highest BCUT2D eigenvalue weighted by molar-refractivity contribution is 5.80. The van der Waals surface area contributed by atoms with Crippen LogP contribution >= 0.6 is 0 Å². The third-order valence-corrected chi connectivity index (χ3v) is 2.66. The molecule has 0 saturated heterocycles. The van der Waals surface area contributed by atoms with Gasteiger partial charge < -0.3 is 4.98 Å². The summed E-state index contributed by atoms with van der Waals surface area (Å²) < 4.78 is 0. The van der Waals surface area contributed by atoms with Crippen molar-refractivity contribution in [2.75, 3.05) is 0 Å². The molecule has 0 radical (unpaired) electrons. The Kier molecular flexibility index (Phi) is 1.57. The summed E-state index contributed by atoms with van der Waals surface area (Å²) in [5.74, 6) is 0.433. The Balaban J connectivity index is 2.14. The van der Waals surface area contributed by atoms with E-state index in [1.165, 1.54) is 16.6 Å². The predicted octanol–water partition coefficient (Wildman–Crippen LogP) is 3.38. The largest absolute Gasteiger partial charge is 0.358 e. The molecule has 2 aromatic rings. The Bertz CT molecular complexity index is 472. The minimum atomic E-state index is 0.433. The molecule has 0 amide bonds. The van der Waals surface area contributed by atoms with Crippen LogP contribution in [0.4, 0.5) is 0 Å². The first-order chi connectivity index (χ1) is 6.93. The lowest BCUT2D eigenvalue weighted by Crippen LogP contribution is -1.87. The number of aromatic amines is 1. The summed E-state index contributed by atoms with van der Waals surface area (Å²) in [6.07, 6.45) is 8.59. The van der Waals surface area contributed by atoms with Gasteiger partial charge in [0.1, 0.15) is 0 Å². The van der Waals surface area contributed by atoms with Crippen molar-refractivity contribution in [3.8, 4) is 0 Å². The summed E-state index contributed by atoms with van der Waals surface area (Å²) in [6, 6.07) is 10.6. The summed E-state index contributed by atoms with van der Waals surface area (Å²) in [6.45, 7) is 0. The van der Waals surface area contributed by atoms with Gasteiger partial charge in [-0.1, -0.05) is 42.5 Å². The average Bonchev–Trinajstić information content (AvgIpc) is 2.86. The summed E-state index contributed by atoms with van der Waals surface area (Å²) in [7, 11) is 0. The molecule has 14 heavy (non-hydrogen) atoms. The van der Waals surface area contributed by atoms with E-state index in [1.807, 2.05) is 0 Å². The molecule has 1 nitrogen and oxygen atoms in total. The first-order valence-corrected chi connectivity index (χ1v) is 4.86. The van der Waals surface area contributed by atoms with Gasteiger partial charge in [-0.25, -0.2) is 0 Å². The first-order valence-electron chi connectivity index (χ1n) is 4.86. The predicted molar refractivity (Wildman–Crippen MR) is 59.3 cm³/mol. The van der Waals surface area contributed by atoms with Crippen LogP contribution in [0.3, 0.4) is 0 Å². The second-order valence-electron chi connectivity index (χ2n) is 3.61. The van der Waals surface area contributed by atoms with Gasteiger partial charge in [-0.2, -0.15) is 0 Å². The minimum absolute atomic E-state index is 0.433. The van der Waals surface area contributed by atoms with Gasteiger partial charge in [-0.3, -0.25) is 0 Å². The molecule has 0 unspecified atom stereocenters. The van der Waals surface area contributed by atoms with Crippen molar-refractivity contribution in [1.82, 2.24) is 4.98 Å². The molecule has 1 aliphatic rings.